The zero-order valence-corrected chi connectivity index (χ0v) is 10.8. The van der Waals surface area contributed by atoms with Gasteiger partial charge in [0.15, 0.2) is 23.3 Å². The Morgan fingerprint density at radius 2 is 1.80 bits per heavy atom. The van der Waals surface area contributed by atoms with Gasteiger partial charge in [-0.05, 0) is 12.1 Å². The van der Waals surface area contributed by atoms with E-state index in [0.29, 0.717) is 30.9 Å². The molecular formula is C13H8ClF3N2O. The van der Waals surface area contributed by atoms with Gasteiger partial charge in [0, 0.05) is 17.5 Å². The van der Waals surface area contributed by atoms with Gasteiger partial charge in [-0.2, -0.15) is 0 Å². The van der Waals surface area contributed by atoms with E-state index in [2.05, 4.69) is 9.97 Å². The van der Waals surface area contributed by atoms with Gasteiger partial charge < -0.3 is 4.74 Å². The Kier molecular flexibility index (Phi) is 3.35. The van der Waals surface area contributed by atoms with E-state index in [-0.39, 0.29) is 16.5 Å². The number of halogens is 4. The maximum Gasteiger partial charge on any atom is 0.194 e. The smallest absolute Gasteiger partial charge is 0.194 e. The summed E-state index contributed by atoms with van der Waals surface area (Å²) in [5.41, 5.74) is 1.39. The predicted molar refractivity (Wildman–Crippen MR) is 65.7 cm³/mol. The van der Waals surface area contributed by atoms with Crippen LogP contribution in [0.5, 0.6) is 0 Å². The zero-order valence-electron chi connectivity index (χ0n) is 10.1. The Morgan fingerprint density at radius 3 is 2.50 bits per heavy atom. The van der Waals surface area contributed by atoms with E-state index in [1.54, 1.807) is 0 Å². The predicted octanol–water partition coefficient (Wildman–Crippen LogP) is 3.29. The molecule has 1 aliphatic rings. The first kappa shape index (κ1) is 13.3. The molecule has 7 heteroatoms. The number of hydrogen-bond acceptors (Lipinski definition) is 3. The van der Waals surface area contributed by atoms with E-state index in [0.717, 1.165) is 12.1 Å². The van der Waals surface area contributed by atoms with Crippen LogP contribution in [0, 0.1) is 17.5 Å². The van der Waals surface area contributed by atoms with Crippen molar-refractivity contribution in [3.8, 4) is 11.4 Å². The van der Waals surface area contributed by atoms with Crippen LogP contribution in [0.2, 0.25) is 5.15 Å². The summed E-state index contributed by atoms with van der Waals surface area (Å²) in [4.78, 5) is 8.21. The molecule has 0 aliphatic carbocycles. The number of aromatic nitrogens is 2. The van der Waals surface area contributed by atoms with Crippen molar-refractivity contribution in [2.75, 3.05) is 6.61 Å². The molecule has 0 unspecified atom stereocenters. The van der Waals surface area contributed by atoms with Crippen LogP contribution in [-0.2, 0) is 17.8 Å². The minimum absolute atomic E-state index is 0.0394. The molecular weight excluding hydrogens is 293 g/mol. The van der Waals surface area contributed by atoms with Gasteiger partial charge in [-0.15, -0.1) is 0 Å². The fourth-order valence-corrected chi connectivity index (χ4v) is 2.25. The molecule has 104 valence electrons. The van der Waals surface area contributed by atoms with E-state index in [9.17, 15) is 13.2 Å². The summed E-state index contributed by atoms with van der Waals surface area (Å²) < 4.78 is 44.7. The number of benzene rings is 1. The molecule has 0 spiro atoms. The lowest BCUT2D eigenvalue weighted by atomic mass is 10.1. The van der Waals surface area contributed by atoms with Gasteiger partial charge in [-0.1, -0.05) is 11.6 Å². The Hall–Kier alpha value is -1.66. The van der Waals surface area contributed by atoms with Crippen LogP contribution in [0.15, 0.2) is 12.1 Å². The lowest BCUT2D eigenvalue weighted by Crippen LogP contribution is -2.14. The van der Waals surface area contributed by atoms with Crippen molar-refractivity contribution < 1.29 is 17.9 Å². The van der Waals surface area contributed by atoms with Crippen LogP contribution in [0.4, 0.5) is 13.2 Å². The van der Waals surface area contributed by atoms with Crippen LogP contribution in [-0.4, -0.2) is 16.6 Å². The number of rotatable bonds is 1. The highest BCUT2D eigenvalue weighted by atomic mass is 35.5. The number of hydrogen-bond donors (Lipinski definition) is 0. The topological polar surface area (TPSA) is 35.0 Å². The molecule has 0 radical (unpaired) electrons. The molecule has 0 bridgehead atoms. The molecule has 1 aliphatic heterocycles. The number of nitrogens with zero attached hydrogens (tertiary/aromatic N) is 2. The lowest BCUT2D eigenvalue weighted by molar-refractivity contribution is 0.109. The third kappa shape index (κ3) is 2.25. The fourth-order valence-electron chi connectivity index (χ4n) is 2.01. The van der Waals surface area contributed by atoms with Gasteiger partial charge in [-0.3, -0.25) is 0 Å². The monoisotopic (exact) mass is 300 g/mol. The van der Waals surface area contributed by atoms with Crippen LogP contribution >= 0.6 is 11.6 Å². The molecule has 20 heavy (non-hydrogen) atoms. The highest BCUT2D eigenvalue weighted by molar-refractivity contribution is 6.30. The SMILES string of the molecule is Fc1cc(-c2nc(Cl)c3c(n2)CCOC3)cc(F)c1F. The van der Waals surface area contributed by atoms with Crippen molar-refractivity contribution in [3.05, 3.63) is 46.0 Å². The van der Waals surface area contributed by atoms with Crippen molar-refractivity contribution in [1.82, 2.24) is 9.97 Å². The molecule has 1 aromatic heterocycles. The molecule has 0 saturated carbocycles. The second-order valence-corrected chi connectivity index (χ2v) is 4.68. The van der Waals surface area contributed by atoms with Gasteiger partial charge in [0.1, 0.15) is 5.15 Å². The first-order chi connectivity index (χ1) is 9.56. The van der Waals surface area contributed by atoms with Gasteiger partial charge in [-0.25, -0.2) is 23.1 Å². The lowest BCUT2D eigenvalue weighted by Gasteiger charge is -2.17. The first-order valence-corrected chi connectivity index (χ1v) is 6.22. The largest absolute Gasteiger partial charge is 0.376 e. The van der Waals surface area contributed by atoms with Gasteiger partial charge in [0.2, 0.25) is 0 Å². The molecule has 3 nitrogen and oxygen atoms in total. The van der Waals surface area contributed by atoms with Crippen molar-refractivity contribution in [1.29, 1.82) is 0 Å². The second-order valence-electron chi connectivity index (χ2n) is 4.32. The van der Waals surface area contributed by atoms with Gasteiger partial charge >= 0.3 is 0 Å². The van der Waals surface area contributed by atoms with E-state index in [4.69, 9.17) is 16.3 Å². The van der Waals surface area contributed by atoms with E-state index >= 15 is 0 Å². The third-order valence-electron chi connectivity index (χ3n) is 3.01. The summed E-state index contributed by atoms with van der Waals surface area (Å²) in [5.74, 6) is -4.04. The summed E-state index contributed by atoms with van der Waals surface area (Å²) in [7, 11) is 0. The molecule has 2 aromatic rings. The van der Waals surface area contributed by atoms with E-state index in [1.807, 2.05) is 0 Å². The van der Waals surface area contributed by atoms with Crippen LogP contribution in [0.3, 0.4) is 0 Å². The quantitative estimate of drug-likeness (QED) is 0.599. The molecule has 0 atom stereocenters. The Morgan fingerprint density at radius 1 is 1.10 bits per heavy atom. The standard InChI is InChI=1S/C13H8ClF3N2O/c14-12-7-5-20-2-1-10(7)18-13(19-12)6-3-8(15)11(17)9(16)4-6/h3-4H,1-2,5H2. The minimum atomic E-state index is -1.52. The molecule has 3 rings (SSSR count). The highest BCUT2D eigenvalue weighted by Crippen LogP contribution is 2.27. The third-order valence-corrected chi connectivity index (χ3v) is 3.33. The van der Waals surface area contributed by atoms with Crippen LogP contribution in [0.25, 0.3) is 11.4 Å². The van der Waals surface area contributed by atoms with E-state index in [1.165, 1.54) is 0 Å². The summed E-state index contributed by atoms with van der Waals surface area (Å²) in [6.45, 7) is 0.798. The Bertz CT molecular complexity index is 671. The van der Waals surface area contributed by atoms with Crippen molar-refractivity contribution in [2.24, 2.45) is 0 Å². The Labute approximate surface area is 117 Å². The first-order valence-electron chi connectivity index (χ1n) is 5.84. The fraction of sp³-hybridized carbons (Fsp3) is 0.231. The van der Waals surface area contributed by atoms with Crippen LogP contribution in [0.1, 0.15) is 11.3 Å². The normalized spacial score (nSPS) is 14.2. The maximum atomic E-state index is 13.2. The molecule has 0 amide bonds. The maximum absolute atomic E-state index is 13.2. The van der Waals surface area contributed by atoms with Crippen LogP contribution < -0.4 is 0 Å². The number of fused-ring (bicyclic) bond motifs is 1. The van der Waals surface area contributed by atoms with Crippen molar-refractivity contribution in [2.45, 2.75) is 13.0 Å². The average molecular weight is 301 g/mol. The molecule has 0 saturated heterocycles. The Balaban J connectivity index is 2.13. The second kappa shape index (κ2) is 5.03. The van der Waals surface area contributed by atoms with Crippen molar-refractivity contribution in [3.63, 3.8) is 0 Å². The molecule has 0 N–H and O–H groups in total. The summed E-state index contributed by atoms with van der Waals surface area (Å²) in [5, 5.41) is 0.176. The number of ether oxygens (including phenoxy) is 1. The molecule has 2 heterocycles. The average Bonchev–Trinajstić information content (AvgIpc) is 2.44. The zero-order chi connectivity index (χ0) is 14.3. The highest BCUT2D eigenvalue weighted by Gasteiger charge is 2.19. The summed E-state index contributed by atoms with van der Waals surface area (Å²) >= 11 is 6.02. The molecule has 1 aromatic carbocycles. The summed E-state index contributed by atoms with van der Waals surface area (Å²) in [6.07, 6.45) is 0.538. The minimum Gasteiger partial charge on any atom is -0.376 e. The summed E-state index contributed by atoms with van der Waals surface area (Å²) in [6, 6.07) is 1.69. The van der Waals surface area contributed by atoms with E-state index < -0.39 is 17.5 Å². The van der Waals surface area contributed by atoms with Crippen molar-refractivity contribution >= 4 is 11.6 Å². The van der Waals surface area contributed by atoms with Gasteiger partial charge in [0.05, 0.1) is 18.9 Å². The molecule has 0 fully saturated rings. The van der Waals surface area contributed by atoms with Gasteiger partial charge in [0.25, 0.3) is 0 Å².